The number of esters is 1. The Morgan fingerprint density at radius 2 is 1.88 bits per heavy atom. The number of hydrogen-bond donors (Lipinski definition) is 1. The predicted molar refractivity (Wildman–Crippen MR) is 64.7 cm³/mol. The molecule has 0 aromatic heterocycles. The van der Waals surface area contributed by atoms with E-state index >= 15 is 0 Å². The maximum absolute atomic E-state index is 11.3. The number of amides is 1. The number of nitrogens with one attached hydrogen (secondary N) is 1. The molecule has 0 spiro atoms. The third-order valence-electron chi connectivity index (χ3n) is 1.86. The molecule has 1 aromatic rings. The maximum Gasteiger partial charge on any atom is 0.339 e. The van der Waals surface area contributed by atoms with E-state index in [-0.39, 0.29) is 6.61 Å². The quantitative estimate of drug-likeness (QED) is 0.657. The van der Waals surface area contributed by atoms with Crippen LogP contribution in [0.1, 0.15) is 5.56 Å². The molecule has 1 aromatic carbocycles. The van der Waals surface area contributed by atoms with Crippen molar-refractivity contribution < 1.29 is 14.3 Å². The molecule has 1 N–H and O–H groups in total. The molecule has 0 bridgehead atoms. The highest BCUT2D eigenvalue weighted by Gasteiger charge is 2.14. The highest BCUT2D eigenvalue weighted by atomic mass is 35.5. The molecule has 92 valence electrons. The lowest BCUT2D eigenvalue weighted by molar-refractivity contribution is -0.146. The summed E-state index contributed by atoms with van der Waals surface area (Å²) in [4.78, 5) is 20.9. The number of rotatable bonds is 5. The van der Waals surface area contributed by atoms with Crippen molar-refractivity contribution in [2.45, 2.75) is 11.4 Å². The van der Waals surface area contributed by atoms with Crippen LogP contribution in [-0.4, -0.2) is 23.3 Å². The molecule has 0 radical (unpaired) electrons. The first-order valence-corrected chi connectivity index (χ1v) is 5.72. The van der Waals surface area contributed by atoms with Crippen LogP contribution in [0.25, 0.3) is 0 Å². The molecule has 6 heteroatoms. The summed E-state index contributed by atoms with van der Waals surface area (Å²) in [6, 6.07) is 9.37. The van der Waals surface area contributed by atoms with Gasteiger partial charge in [-0.3, -0.25) is 4.79 Å². The van der Waals surface area contributed by atoms with Crippen molar-refractivity contribution in [2.24, 2.45) is 0 Å². The minimum Gasteiger partial charge on any atom is -0.454 e. The van der Waals surface area contributed by atoms with Gasteiger partial charge >= 0.3 is 5.97 Å². The Morgan fingerprint density at radius 1 is 1.24 bits per heavy atom. The monoisotopic (exact) mass is 275 g/mol. The van der Waals surface area contributed by atoms with Crippen LogP contribution in [0.3, 0.4) is 0 Å². The second kappa shape index (κ2) is 7.14. The lowest BCUT2D eigenvalue weighted by Gasteiger charge is -2.06. The van der Waals surface area contributed by atoms with Gasteiger partial charge in [-0.15, -0.1) is 0 Å². The smallest absolute Gasteiger partial charge is 0.339 e. The maximum atomic E-state index is 11.3. The van der Waals surface area contributed by atoms with Crippen LogP contribution >= 0.6 is 23.2 Å². The lowest BCUT2D eigenvalue weighted by atomic mass is 10.2. The van der Waals surface area contributed by atoms with Crippen molar-refractivity contribution in [2.75, 3.05) is 6.61 Å². The fourth-order valence-corrected chi connectivity index (χ4v) is 1.17. The first-order chi connectivity index (χ1) is 8.09. The molecule has 0 saturated carbocycles. The summed E-state index contributed by atoms with van der Waals surface area (Å²) < 4.78 is 4.54. The lowest BCUT2D eigenvalue weighted by Crippen LogP contribution is -2.29. The summed E-state index contributed by atoms with van der Waals surface area (Å²) in [6.07, 6.45) is 0. The average molecular weight is 276 g/mol. The summed E-state index contributed by atoms with van der Waals surface area (Å²) in [7, 11) is 0. The Morgan fingerprint density at radius 3 is 2.47 bits per heavy atom. The number of hydrogen-bond acceptors (Lipinski definition) is 3. The van der Waals surface area contributed by atoms with Gasteiger partial charge in [-0.2, -0.15) is 0 Å². The standard InChI is InChI=1S/C11H11Cl2NO3/c12-10(13)11(16)17-7-9(15)14-6-8-4-2-1-3-5-8/h1-5,10H,6-7H2,(H,14,15). The zero-order valence-corrected chi connectivity index (χ0v) is 10.4. The van der Waals surface area contributed by atoms with Gasteiger partial charge in [0.15, 0.2) is 6.61 Å². The van der Waals surface area contributed by atoms with Gasteiger partial charge in [-0.25, -0.2) is 4.79 Å². The molecule has 0 fully saturated rings. The predicted octanol–water partition coefficient (Wildman–Crippen LogP) is 1.65. The number of carbonyl (C=O) groups excluding carboxylic acids is 2. The molecule has 0 heterocycles. The van der Waals surface area contributed by atoms with Crippen molar-refractivity contribution >= 4 is 35.1 Å². The largest absolute Gasteiger partial charge is 0.454 e. The molecule has 4 nitrogen and oxygen atoms in total. The number of carbonyl (C=O) groups is 2. The fraction of sp³-hybridized carbons (Fsp3) is 0.273. The Balaban J connectivity index is 2.24. The highest BCUT2D eigenvalue weighted by molar-refractivity contribution is 6.52. The van der Waals surface area contributed by atoms with Crippen LogP contribution in [0.5, 0.6) is 0 Å². The second-order valence-electron chi connectivity index (χ2n) is 3.17. The van der Waals surface area contributed by atoms with Crippen molar-refractivity contribution in [3.63, 3.8) is 0 Å². The summed E-state index contributed by atoms with van der Waals surface area (Å²) in [5.74, 6) is -1.24. The van der Waals surface area contributed by atoms with Crippen molar-refractivity contribution in [1.82, 2.24) is 5.32 Å². The molecule has 17 heavy (non-hydrogen) atoms. The van der Waals surface area contributed by atoms with Gasteiger partial charge < -0.3 is 10.1 Å². The van der Waals surface area contributed by atoms with Gasteiger partial charge in [0.25, 0.3) is 5.91 Å². The summed E-state index contributed by atoms with van der Waals surface area (Å²) in [5.41, 5.74) is 0.958. The molecule has 0 aliphatic heterocycles. The van der Waals surface area contributed by atoms with Crippen LogP contribution in [0.4, 0.5) is 0 Å². The molecule has 0 unspecified atom stereocenters. The molecule has 1 rings (SSSR count). The van der Waals surface area contributed by atoms with Crippen molar-refractivity contribution in [3.8, 4) is 0 Å². The number of halogens is 2. The summed E-state index contributed by atoms with van der Waals surface area (Å²) in [5, 5.41) is 2.59. The minimum absolute atomic E-state index is 0.377. The van der Waals surface area contributed by atoms with E-state index in [9.17, 15) is 9.59 Å². The van der Waals surface area contributed by atoms with E-state index in [1.165, 1.54) is 0 Å². The zero-order valence-electron chi connectivity index (χ0n) is 8.86. The summed E-state index contributed by atoms with van der Waals surface area (Å²) in [6.45, 7) is -0.00991. The minimum atomic E-state index is -1.27. The van der Waals surface area contributed by atoms with Gasteiger partial charge in [-0.05, 0) is 5.56 Å². The molecule has 1 amide bonds. The van der Waals surface area contributed by atoms with Crippen LogP contribution in [0, 0.1) is 0 Å². The third-order valence-corrected chi connectivity index (χ3v) is 2.21. The van der Waals surface area contributed by atoms with Crippen LogP contribution in [0.2, 0.25) is 0 Å². The van der Waals surface area contributed by atoms with Gasteiger partial charge in [0.05, 0.1) is 0 Å². The number of alkyl halides is 2. The Bertz CT molecular complexity index is 382. The van der Waals surface area contributed by atoms with Gasteiger partial charge in [0.2, 0.25) is 4.84 Å². The second-order valence-corrected chi connectivity index (χ2v) is 4.27. The van der Waals surface area contributed by atoms with Crippen LogP contribution < -0.4 is 5.32 Å². The Kier molecular flexibility index (Phi) is 5.80. The molecule has 0 atom stereocenters. The molecule has 0 aliphatic carbocycles. The van der Waals surface area contributed by atoms with E-state index in [0.29, 0.717) is 6.54 Å². The van der Waals surface area contributed by atoms with Crippen molar-refractivity contribution in [1.29, 1.82) is 0 Å². The van der Waals surface area contributed by atoms with E-state index in [1.807, 2.05) is 30.3 Å². The van der Waals surface area contributed by atoms with E-state index in [1.54, 1.807) is 0 Å². The zero-order chi connectivity index (χ0) is 12.7. The highest BCUT2D eigenvalue weighted by Crippen LogP contribution is 2.03. The SMILES string of the molecule is O=C(COC(=O)C(Cl)Cl)NCc1ccccc1. The van der Waals surface area contributed by atoms with E-state index in [4.69, 9.17) is 23.2 Å². The normalized spacial score (nSPS) is 10.1. The molecular formula is C11H11Cl2NO3. The van der Waals surface area contributed by atoms with Crippen molar-refractivity contribution in [3.05, 3.63) is 35.9 Å². The van der Waals surface area contributed by atoms with Gasteiger partial charge in [0, 0.05) is 6.54 Å². The van der Waals surface area contributed by atoms with Gasteiger partial charge in [0.1, 0.15) is 0 Å². The summed E-state index contributed by atoms with van der Waals surface area (Å²) >= 11 is 10.5. The van der Waals surface area contributed by atoms with Crippen LogP contribution in [-0.2, 0) is 20.9 Å². The number of benzene rings is 1. The Hall–Kier alpha value is -1.26. The molecule has 0 saturated heterocycles. The first kappa shape index (κ1) is 13.8. The van der Waals surface area contributed by atoms with Crippen LogP contribution in [0.15, 0.2) is 30.3 Å². The molecular weight excluding hydrogens is 265 g/mol. The topological polar surface area (TPSA) is 55.4 Å². The third kappa shape index (κ3) is 5.56. The Labute approximate surface area is 109 Å². The fourth-order valence-electron chi connectivity index (χ4n) is 1.05. The number of ether oxygens (including phenoxy) is 1. The first-order valence-electron chi connectivity index (χ1n) is 4.85. The van der Waals surface area contributed by atoms with Gasteiger partial charge in [-0.1, -0.05) is 53.5 Å². The molecule has 0 aliphatic rings. The van der Waals surface area contributed by atoms with E-state index in [0.717, 1.165) is 5.56 Å². The average Bonchev–Trinajstić information content (AvgIpc) is 2.34. The van der Waals surface area contributed by atoms with E-state index in [2.05, 4.69) is 10.1 Å². The van der Waals surface area contributed by atoms with E-state index < -0.39 is 16.7 Å².